The highest BCUT2D eigenvalue weighted by molar-refractivity contribution is 4.59. The van der Waals surface area contributed by atoms with Gasteiger partial charge in [-0.3, -0.25) is 0 Å². The van der Waals surface area contributed by atoms with E-state index in [4.69, 9.17) is 5.11 Å². The van der Waals surface area contributed by atoms with E-state index in [1.807, 2.05) is 7.05 Å². The Morgan fingerprint density at radius 1 is 1.21 bits per heavy atom. The molecule has 1 aliphatic heterocycles. The third kappa shape index (κ3) is 8.48. The first-order valence-corrected chi connectivity index (χ1v) is 5.68. The average Bonchev–Trinajstić information content (AvgIpc) is 2.58. The molecule has 3 heteroatoms. The lowest BCUT2D eigenvalue weighted by Crippen LogP contribution is -2.22. The molecule has 14 heavy (non-hydrogen) atoms. The molecular formula is C11H26N2O. The highest BCUT2D eigenvalue weighted by Crippen LogP contribution is 2.02. The maximum atomic E-state index is 8.42. The summed E-state index contributed by atoms with van der Waals surface area (Å²) in [6.45, 7) is 6.93. The van der Waals surface area contributed by atoms with Crippen LogP contribution in [0.1, 0.15) is 26.2 Å². The van der Waals surface area contributed by atoms with Gasteiger partial charge in [0.15, 0.2) is 0 Å². The smallest absolute Gasteiger partial charge is 0.0558 e. The number of hydrogen-bond acceptors (Lipinski definition) is 3. The van der Waals surface area contributed by atoms with Gasteiger partial charge in [0.1, 0.15) is 0 Å². The van der Waals surface area contributed by atoms with Gasteiger partial charge in [-0.25, -0.2) is 0 Å². The highest BCUT2D eigenvalue weighted by atomic mass is 16.3. The van der Waals surface area contributed by atoms with Gasteiger partial charge in [-0.15, -0.1) is 0 Å². The van der Waals surface area contributed by atoms with Crippen LogP contribution in [0.25, 0.3) is 0 Å². The average molecular weight is 202 g/mol. The molecule has 0 aromatic carbocycles. The second-order valence-electron chi connectivity index (χ2n) is 4.04. The first kappa shape index (κ1) is 13.9. The van der Waals surface area contributed by atoms with E-state index in [9.17, 15) is 0 Å². The minimum atomic E-state index is 0.274. The number of hydrogen-bond donors (Lipinski definition) is 1. The molecule has 0 aliphatic carbocycles. The zero-order valence-electron chi connectivity index (χ0n) is 10.00. The largest absolute Gasteiger partial charge is 0.395 e. The molecule has 0 radical (unpaired) electrons. The summed E-state index contributed by atoms with van der Waals surface area (Å²) in [6.07, 6.45) is 3.99. The van der Waals surface area contributed by atoms with E-state index in [0.29, 0.717) is 0 Å². The summed E-state index contributed by atoms with van der Waals surface area (Å²) in [6, 6.07) is 0. The third-order valence-corrected chi connectivity index (χ3v) is 2.42. The molecule has 1 aliphatic rings. The second kappa shape index (κ2) is 9.44. The summed E-state index contributed by atoms with van der Waals surface area (Å²) in [4.78, 5) is 4.47. The number of aliphatic hydroxyl groups excluding tert-OH is 1. The molecule has 0 bridgehead atoms. The van der Waals surface area contributed by atoms with Gasteiger partial charge in [0, 0.05) is 6.54 Å². The fourth-order valence-electron chi connectivity index (χ4n) is 1.54. The van der Waals surface area contributed by atoms with E-state index in [2.05, 4.69) is 23.8 Å². The van der Waals surface area contributed by atoms with Gasteiger partial charge in [0.2, 0.25) is 0 Å². The second-order valence-corrected chi connectivity index (χ2v) is 4.04. The number of nitrogens with zero attached hydrogens (tertiary/aromatic N) is 2. The molecule has 3 nitrogen and oxygen atoms in total. The van der Waals surface area contributed by atoms with E-state index in [1.165, 1.54) is 25.9 Å². The summed E-state index contributed by atoms with van der Waals surface area (Å²) >= 11 is 0. The Bertz CT molecular complexity index is 108. The Kier molecular flexibility index (Phi) is 9.35. The molecule has 0 amide bonds. The molecule has 1 heterocycles. The zero-order valence-corrected chi connectivity index (χ0v) is 10.00. The van der Waals surface area contributed by atoms with Gasteiger partial charge in [-0.05, 0) is 53.0 Å². The van der Waals surface area contributed by atoms with Gasteiger partial charge < -0.3 is 14.9 Å². The predicted molar refractivity (Wildman–Crippen MR) is 61.6 cm³/mol. The number of aliphatic hydroxyl groups is 1. The fourth-order valence-corrected chi connectivity index (χ4v) is 1.54. The Morgan fingerprint density at radius 3 is 2.07 bits per heavy atom. The van der Waals surface area contributed by atoms with Crippen LogP contribution in [0.4, 0.5) is 0 Å². The van der Waals surface area contributed by atoms with Crippen molar-refractivity contribution in [2.75, 3.05) is 46.9 Å². The van der Waals surface area contributed by atoms with Crippen molar-refractivity contribution in [1.82, 2.24) is 9.80 Å². The Hall–Kier alpha value is -0.120. The van der Waals surface area contributed by atoms with Gasteiger partial charge in [0.05, 0.1) is 6.61 Å². The van der Waals surface area contributed by atoms with E-state index in [0.717, 1.165) is 19.5 Å². The molecular weight excluding hydrogens is 176 g/mol. The maximum Gasteiger partial charge on any atom is 0.0558 e. The summed E-state index contributed by atoms with van der Waals surface area (Å²) in [5.41, 5.74) is 0. The van der Waals surface area contributed by atoms with Crippen molar-refractivity contribution in [2.45, 2.75) is 26.2 Å². The number of likely N-dealkylation sites (N-methyl/N-ethyl adjacent to an activating group) is 1. The first-order valence-electron chi connectivity index (χ1n) is 5.68. The minimum absolute atomic E-state index is 0.274. The lowest BCUT2D eigenvalue weighted by atomic mass is 10.4. The predicted octanol–water partition coefficient (Wildman–Crippen LogP) is 1.03. The van der Waals surface area contributed by atoms with Crippen molar-refractivity contribution < 1.29 is 5.11 Å². The van der Waals surface area contributed by atoms with Crippen LogP contribution >= 0.6 is 0 Å². The highest BCUT2D eigenvalue weighted by Gasteiger charge is 2.03. The van der Waals surface area contributed by atoms with Gasteiger partial charge >= 0.3 is 0 Å². The van der Waals surface area contributed by atoms with Crippen molar-refractivity contribution in [3.8, 4) is 0 Å². The van der Waals surface area contributed by atoms with Gasteiger partial charge in [-0.1, -0.05) is 6.92 Å². The molecule has 0 saturated carbocycles. The van der Waals surface area contributed by atoms with E-state index in [-0.39, 0.29) is 6.61 Å². The fraction of sp³-hybridized carbons (Fsp3) is 1.00. The summed E-state index contributed by atoms with van der Waals surface area (Å²) in [5, 5.41) is 8.42. The molecule has 0 aromatic rings. The lowest BCUT2D eigenvalue weighted by Gasteiger charge is -2.12. The van der Waals surface area contributed by atoms with Crippen LogP contribution in [0.2, 0.25) is 0 Å². The monoisotopic (exact) mass is 202 g/mol. The van der Waals surface area contributed by atoms with Crippen molar-refractivity contribution >= 4 is 0 Å². The number of rotatable bonds is 4. The van der Waals surface area contributed by atoms with Crippen molar-refractivity contribution in [1.29, 1.82) is 0 Å². The quantitative estimate of drug-likeness (QED) is 0.738. The topological polar surface area (TPSA) is 26.7 Å². The van der Waals surface area contributed by atoms with Crippen LogP contribution in [0.15, 0.2) is 0 Å². The van der Waals surface area contributed by atoms with E-state index in [1.54, 1.807) is 0 Å². The molecule has 0 atom stereocenters. The Morgan fingerprint density at radius 2 is 1.79 bits per heavy atom. The molecule has 1 saturated heterocycles. The lowest BCUT2D eigenvalue weighted by molar-refractivity contribution is 0.222. The van der Waals surface area contributed by atoms with Gasteiger partial charge in [-0.2, -0.15) is 0 Å². The number of likely N-dealkylation sites (tertiary alicyclic amines) is 1. The van der Waals surface area contributed by atoms with E-state index >= 15 is 0 Å². The SMILES string of the molecule is CCCN(C)CCO.CN1CCCC1. The molecule has 0 spiro atoms. The minimum Gasteiger partial charge on any atom is -0.395 e. The van der Waals surface area contributed by atoms with Crippen LogP contribution in [-0.2, 0) is 0 Å². The summed E-state index contributed by atoms with van der Waals surface area (Å²) in [7, 11) is 4.19. The van der Waals surface area contributed by atoms with Crippen LogP contribution in [0.3, 0.4) is 0 Å². The first-order chi connectivity index (χ1) is 6.70. The maximum absolute atomic E-state index is 8.42. The van der Waals surface area contributed by atoms with Crippen LogP contribution in [0, 0.1) is 0 Å². The molecule has 1 rings (SSSR count). The van der Waals surface area contributed by atoms with Crippen molar-refractivity contribution in [3.63, 3.8) is 0 Å². The van der Waals surface area contributed by atoms with Crippen molar-refractivity contribution in [3.05, 3.63) is 0 Å². The third-order valence-electron chi connectivity index (χ3n) is 2.42. The van der Waals surface area contributed by atoms with Crippen molar-refractivity contribution in [2.24, 2.45) is 0 Å². The normalized spacial score (nSPS) is 16.9. The molecule has 0 aromatic heterocycles. The summed E-state index contributed by atoms with van der Waals surface area (Å²) < 4.78 is 0. The van der Waals surface area contributed by atoms with Crippen LogP contribution in [0.5, 0.6) is 0 Å². The van der Waals surface area contributed by atoms with E-state index < -0.39 is 0 Å². The molecule has 1 fully saturated rings. The van der Waals surface area contributed by atoms with Crippen LogP contribution < -0.4 is 0 Å². The van der Waals surface area contributed by atoms with Gasteiger partial charge in [0.25, 0.3) is 0 Å². The Labute approximate surface area is 88.7 Å². The molecule has 0 unspecified atom stereocenters. The molecule has 86 valence electrons. The zero-order chi connectivity index (χ0) is 10.8. The standard InChI is InChI=1S/C6H15NO.C5H11N/c1-3-4-7(2)5-6-8;1-6-4-2-3-5-6/h8H,3-6H2,1-2H3;2-5H2,1H3. The van der Waals surface area contributed by atoms with Crippen LogP contribution in [-0.4, -0.2) is 61.8 Å². The summed E-state index contributed by atoms with van der Waals surface area (Å²) in [5.74, 6) is 0. The molecule has 1 N–H and O–H groups in total. The Balaban J connectivity index is 0.000000249.